The third-order valence-electron chi connectivity index (χ3n) is 4.93. The van der Waals surface area contributed by atoms with Gasteiger partial charge in [-0.2, -0.15) is 0 Å². The number of pyridine rings is 1. The standard InChI is InChI=1S/C22H23N3OS/c1-17(27-21-12-11-18-7-5-6-10-20(18)23-21)22(26)25-15-13-24(14-16-25)19-8-3-2-4-9-19/h2-12,17H,13-16H2,1H3. The highest BCUT2D eigenvalue weighted by Crippen LogP contribution is 2.26. The Morgan fingerprint density at radius 2 is 1.63 bits per heavy atom. The highest BCUT2D eigenvalue weighted by Gasteiger charge is 2.25. The van der Waals surface area contributed by atoms with Gasteiger partial charge < -0.3 is 9.80 Å². The largest absolute Gasteiger partial charge is 0.368 e. The minimum absolute atomic E-state index is 0.137. The van der Waals surface area contributed by atoms with Crippen LogP contribution >= 0.6 is 11.8 Å². The fourth-order valence-corrected chi connectivity index (χ4v) is 4.34. The maximum absolute atomic E-state index is 12.9. The molecule has 1 atom stereocenters. The number of piperazine rings is 1. The molecule has 0 aliphatic carbocycles. The van der Waals surface area contributed by atoms with Crippen molar-refractivity contribution in [2.45, 2.75) is 17.2 Å². The number of hydrogen-bond donors (Lipinski definition) is 0. The Bertz CT molecular complexity index is 923. The number of anilines is 1. The number of hydrogen-bond acceptors (Lipinski definition) is 4. The molecule has 2 aromatic carbocycles. The number of thioether (sulfide) groups is 1. The Balaban J connectivity index is 1.36. The lowest BCUT2D eigenvalue weighted by molar-refractivity contribution is -0.130. The molecule has 1 unspecified atom stereocenters. The van der Waals surface area contributed by atoms with Crippen LogP contribution in [-0.2, 0) is 4.79 Å². The van der Waals surface area contributed by atoms with Crippen molar-refractivity contribution in [2.24, 2.45) is 0 Å². The third kappa shape index (κ3) is 4.08. The normalized spacial score (nSPS) is 15.7. The number of carbonyl (C=O) groups is 1. The first kappa shape index (κ1) is 17.9. The number of amides is 1. The quantitative estimate of drug-likeness (QED) is 0.643. The summed E-state index contributed by atoms with van der Waals surface area (Å²) in [5.74, 6) is 0.197. The van der Waals surface area contributed by atoms with Crippen molar-refractivity contribution in [3.05, 3.63) is 66.7 Å². The second kappa shape index (κ2) is 8.01. The Kier molecular flexibility index (Phi) is 5.30. The van der Waals surface area contributed by atoms with Crippen molar-refractivity contribution >= 4 is 34.3 Å². The fourth-order valence-electron chi connectivity index (χ4n) is 3.43. The van der Waals surface area contributed by atoms with Gasteiger partial charge in [0.15, 0.2) is 0 Å². The van der Waals surface area contributed by atoms with E-state index in [1.165, 1.54) is 5.69 Å². The molecule has 4 nitrogen and oxygen atoms in total. The lowest BCUT2D eigenvalue weighted by Gasteiger charge is -2.37. The van der Waals surface area contributed by atoms with Gasteiger partial charge in [-0.3, -0.25) is 4.79 Å². The molecular weight excluding hydrogens is 354 g/mol. The second-order valence-electron chi connectivity index (χ2n) is 6.75. The highest BCUT2D eigenvalue weighted by molar-refractivity contribution is 8.00. The zero-order valence-electron chi connectivity index (χ0n) is 15.4. The smallest absolute Gasteiger partial charge is 0.235 e. The monoisotopic (exact) mass is 377 g/mol. The molecule has 0 spiro atoms. The lowest BCUT2D eigenvalue weighted by Crippen LogP contribution is -2.50. The molecule has 1 saturated heterocycles. The summed E-state index contributed by atoms with van der Waals surface area (Å²) in [4.78, 5) is 21.9. The van der Waals surface area contributed by atoms with Crippen LogP contribution in [0.4, 0.5) is 5.69 Å². The predicted octanol–water partition coefficient (Wildman–Crippen LogP) is 4.06. The van der Waals surface area contributed by atoms with E-state index in [4.69, 9.17) is 0 Å². The maximum atomic E-state index is 12.9. The van der Waals surface area contributed by atoms with Crippen molar-refractivity contribution in [3.63, 3.8) is 0 Å². The molecular formula is C22H23N3OS. The molecule has 0 radical (unpaired) electrons. The summed E-state index contributed by atoms with van der Waals surface area (Å²) < 4.78 is 0. The molecule has 5 heteroatoms. The summed E-state index contributed by atoms with van der Waals surface area (Å²) in [7, 11) is 0. The van der Waals surface area contributed by atoms with Gasteiger partial charge in [0.1, 0.15) is 0 Å². The van der Waals surface area contributed by atoms with Gasteiger partial charge in [0.25, 0.3) is 0 Å². The van der Waals surface area contributed by atoms with Gasteiger partial charge in [-0.15, -0.1) is 0 Å². The lowest BCUT2D eigenvalue weighted by atomic mass is 10.2. The van der Waals surface area contributed by atoms with Crippen molar-refractivity contribution < 1.29 is 4.79 Å². The Morgan fingerprint density at radius 1 is 0.926 bits per heavy atom. The van der Waals surface area contributed by atoms with Gasteiger partial charge >= 0.3 is 0 Å². The van der Waals surface area contributed by atoms with Crippen molar-refractivity contribution in [2.75, 3.05) is 31.1 Å². The Morgan fingerprint density at radius 3 is 2.41 bits per heavy atom. The predicted molar refractivity (Wildman–Crippen MR) is 112 cm³/mol. The molecule has 4 rings (SSSR count). The number of carbonyl (C=O) groups excluding carboxylic acids is 1. The van der Waals surface area contributed by atoms with Crippen LogP contribution in [0.1, 0.15) is 6.92 Å². The summed E-state index contributed by atoms with van der Waals surface area (Å²) in [6.07, 6.45) is 0. The molecule has 0 N–H and O–H groups in total. The van der Waals surface area contributed by atoms with Crippen molar-refractivity contribution in [1.82, 2.24) is 9.88 Å². The third-order valence-corrected chi connectivity index (χ3v) is 5.95. The van der Waals surface area contributed by atoms with E-state index in [0.29, 0.717) is 0 Å². The average Bonchev–Trinajstić information content (AvgIpc) is 2.74. The fraction of sp³-hybridized carbons (Fsp3) is 0.273. The first-order valence-electron chi connectivity index (χ1n) is 9.32. The number of nitrogens with zero attached hydrogens (tertiary/aromatic N) is 3. The maximum Gasteiger partial charge on any atom is 0.235 e. The SMILES string of the molecule is CC(Sc1ccc2ccccc2n1)C(=O)N1CCN(c2ccccc2)CC1. The molecule has 1 fully saturated rings. The molecule has 1 amide bonds. The second-order valence-corrected chi connectivity index (χ2v) is 8.11. The summed E-state index contributed by atoms with van der Waals surface area (Å²) in [5.41, 5.74) is 2.20. The van der Waals surface area contributed by atoms with Crippen LogP contribution in [0, 0.1) is 0 Å². The number of para-hydroxylation sites is 2. The highest BCUT2D eigenvalue weighted by atomic mass is 32.2. The zero-order chi connectivity index (χ0) is 18.6. The van der Waals surface area contributed by atoms with E-state index in [0.717, 1.165) is 42.1 Å². The molecule has 1 aliphatic rings. The van der Waals surface area contributed by atoms with Gasteiger partial charge in [0.2, 0.25) is 5.91 Å². The Hall–Kier alpha value is -2.53. The number of benzene rings is 2. The topological polar surface area (TPSA) is 36.4 Å². The number of rotatable bonds is 4. The molecule has 27 heavy (non-hydrogen) atoms. The van der Waals surface area contributed by atoms with E-state index >= 15 is 0 Å². The van der Waals surface area contributed by atoms with Gasteiger partial charge in [-0.25, -0.2) is 4.98 Å². The van der Waals surface area contributed by atoms with Crippen molar-refractivity contribution in [3.8, 4) is 0 Å². The van der Waals surface area contributed by atoms with Gasteiger partial charge in [0, 0.05) is 37.3 Å². The summed E-state index contributed by atoms with van der Waals surface area (Å²) in [6.45, 7) is 5.27. The first-order valence-corrected chi connectivity index (χ1v) is 10.2. The first-order chi connectivity index (χ1) is 13.2. The summed E-state index contributed by atoms with van der Waals surface area (Å²) in [5, 5.41) is 1.89. The summed E-state index contributed by atoms with van der Waals surface area (Å²) >= 11 is 1.54. The molecule has 138 valence electrons. The number of aromatic nitrogens is 1. The minimum Gasteiger partial charge on any atom is -0.368 e. The Labute approximate surface area is 164 Å². The van der Waals surface area contributed by atoms with Crippen LogP contribution in [-0.4, -0.2) is 47.2 Å². The van der Waals surface area contributed by atoms with Gasteiger partial charge in [0.05, 0.1) is 15.8 Å². The van der Waals surface area contributed by atoms with Crippen LogP contribution in [0.5, 0.6) is 0 Å². The average molecular weight is 378 g/mol. The van der Waals surface area contributed by atoms with Crippen LogP contribution in [0.15, 0.2) is 71.8 Å². The van der Waals surface area contributed by atoms with E-state index in [-0.39, 0.29) is 11.2 Å². The van der Waals surface area contributed by atoms with E-state index in [1.54, 1.807) is 11.8 Å². The van der Waals surface area contributed by atoms with E-state index in [9.17, 15) is 4.79 Å². The van der Waals surface area contributed by atoms with Crippen molar-refractivity contribution in [1.29, 1.82) is 0 Å². The van der Waals surface area contributed by atoms with E-state index < -0.39 is 0 Å². The molecule has 0 saturated carbocycles. The molecule has 0 bridgehead atoms. The molecule has 3 aromatic rings. The van der Waals surface area contributed by atoms with E-state index in [1.807, 2.05) is 42.2 Å². The van der Waals surface area contributed by atoms with Gasteiger partial charge in [-0.1, -0.05) is 54.2 Å². The minimum atomic E-state index is -0.137. The van der Waals surface area contributed by atoms with Crippen LogP contribution in [0.25, 0.3) is 10.9 Å². The van der Waals surface area contributed by atoms with Crippen LogP contribution in [0.2, 0.25) is 0 Å². The molecule has 1 aliphatic heterocycles. The number of fused-ring (bicyclic) bond motifs is 1. The van der Waals surface area contributed by atoms with Gasteiger partial charge in [-0.05, 0) is 31.2 Å². The van der Waals surface area contributed by atoms with E-state index in [2.05, 4.69) is 46.3 Å². The van der Waals surface area contributed by atoms with Crippen LogP contribution in [0.3, 0.4) is 0 Å². The summed E-state index contributed by atoms with van der Waals surface area (Å²) in [6, 6.07) is 22.5. The molecule has 2 heterocycles. The molecule has 1 aromatic heterocycles. The van der Waals surface area contributed by atoms with Crippen LogP contribution < -0.4 is 4.90 Å². The zero-order valence-corrected chi connectivity index (χ0v) is 16.2.